The predicted molar refractivity (Wildman–Crippen MR) is 73.4 cm³/mol. The highest BCUT2D eigenvalue weighted by Gasteiger charge is 2.23. The summed E-state index contributed by atoms with van der Waals surface area (Å²) in [6, 6.07) is 6.65. The minimum atomic E-state index is 0.577. The Kier molecular flexibility index (Phi) is 3.87. The van der Waals surface area contributed by atoms with Crippen molar-refractivity contribution in [3.05, 3.63) is 18.2 Å². The number of anilines is 2. The number of rotatable bonds is 3. The van der Waals surface area contributed by atoms with Crippen LogP contribution in [0.15, 0.2) is 18.2 Å². The lowest BCUT2D eigenvalue weighted by molar-refractivity contribution is 0.280. The largest absolute Gasteiger partial charge is 0.373 e. The molecule has 1 aromatic rings. The third kappa shape index (κ3) is 3.35. The molecule has 1 aliphatic rings. The van der Waals surface area contributed by atoms with Crippen molar-refractivity contribution in [2.24, 2.45) is 11.8 Å². The predicted octanol–water partition coefficient (Wildman–Crippen LogP) is 3.36. The second-order valence-electron chi connectivity index (χ2n) is 5.42. The first-order chi connectivity index (χ1) is 8.17. The fourth-order valence-electron chi connectivity index (χ4n) is 2.93. The van der Waals surface area contributed by atoms with Crippen molar-refractivity contribution in [1.29, 1.82) is 0 Å². The summed E-state index contributed by atoms with van der Waals surface area (Å²) in [6.07, 6.45) is 3.88. The van der Waals surface area contributed by atoms with Gasteiger partial charge in [0.25, 0.3) is 0 Å². The van der Waals surface area contributed by atoms with Crippen molar-refractivity contribution in [2.45, 2.75) is 39.2 Å². The zero-order chi connectivity index (χ0) is 12.3. The number of aromatic nitrogens is 1. The first-order valence-electron chi connectivity index (χ1n) is 6.58. The van der Waals surface area contributed by atoms with Gasteiger partial charge in [-0.2, -0.15) is 0 Å². The number of nitrogens with one attached hydrogen (secondary N) is 2. The maximum absolute atomic E-state index is 4.51. The van der Waals surface area contributed by atoms with Crippen LogP contribution in [0.5, 0.6) is 0 Å². The van der Waals surface area contributed by atoms with Gasteiger partial charge in [0.2, 0.25) is 0 Å². The molecule has 3 nitrogen and oxygen atoms in total. The Balaban J connectivity index is 1.99. The van der Waals surface area contributed by atoms with Crippen molar-refractivity contribution < 1.29 is 0 Å². The van der Waals surface area contributed by atoms with E-state index in [1.165, 1.54) is 19.3 Å². The molecule has 1 aromatic heterocycles. The number of pyridine rings is 1. The second-order valence-corrected chi connectivity index (χ2v) is 5.42. The molecule has 0 bridgehead atoms. The van der Waals surface area contributed by atoms with Gasteiger partial charge in [0.15, 0.2) is 0 Å². The van der Waals surface area contributed by atoms with Crippen LogP contribution >= 0.6 is 0 Å². The Bertz CT molecular complexity index is 354. The molecular weight excluding hydrogens is 210 g/mol. The van der Waals surface area contributed by atoms with Gasteiger partial charge in [0.1, 0.15) is 11.6 Å². The quantitative estimate of drug-likeness (QED) is 0.840. The van der Waals surface area contributed by atoms with E-state index in [0.717, 1.165) is 23.5 Å². The third-order valence-corrected chi connectivity index (χ3v) is 3.54. The summed E-state index contributed by atoms with van der Waals surface area (Å²) in [7, 11) is 1.90. The lowest BCUT2D eigenvalue weighted by Gasteiger charge is -2.32. The summed E-state index contributed by atoms with van der Waals surface area (Å²) >= 11 is 0. The Morgan fingerprint density at radius 3 is 2.35 bits per heavy atom. The van der Waals surface area contributed by atoms with E-state index < -0.39 is 0 Å². The third-order valence-electron chi connectivity index (χ3n) is 3.54. The van der Waals surface area contributed by atoms with Crippen molar-refractivity contribution in [2.75, 3.05) is 17.7 Å². The molecule has 0 aliphatic heterocycles. The van der Waals surface area contributed by atoms with E-state index in [-0.39, 0.29) is 0 Å². The second kappa shape index (κ2) is 5.39. The zero-order valence-corrected chi connectivity index (χ0v) is 11.0. The molecule has 94 valence electrons. The molecule has 3 heteroatoms. The average molecular weight is 233 g/mol. The lowest BCUT2D eigenvalue weighted by atomic mass is 9.80. The summed E-state index contributed by atoms with van der Waals surface area (Å²) in [5, 5.41) is 6.64. The highest BCUT2D eigenvalue weighted by molar-refractivity contribution is 5.45. The normalized spacial score (nSPS) is 28.8. The van der Waals surface area contributed by atoms with E-state index in [9.17, 15) is 0 Å². The Morgan fingerprint density at radius 1 is 1.06 bits per heavy atom. The molecule has 0 spiro atoms. The Labute approximate surface area is 104 Å². The summed E-state index contributed by atoms with van der Waals surface area (Å²) in [6.45, 7) is 4.70. The fourth-order valence-corrected chi connectivity index (χ4v) is 2.93. The molecule has 1 saturated carbocycles. The molecular formula is C14H23N3. The smallest absolute Gasteiger partial charge is 0.128 e. The molecule has 0 saturated heterocycles. The molecule has 1 aliphatic carbocycles. The van der Waals surface area contributed by atoms with Crippen molar-refractivity contribution in [3.63, 3.8) is 0 Å². The van der Waals surface area contributed by atoms with Crippen LogP contribution in [0.1, 0.15) is 33.1 Å². The molecule has 0 radical (unpaired) electrons. The molecule has 2 N–H and O–H groups in total. The van der Waals surface area contributed by atoms with E-state index in [1.54, 1.807) is 0 Å². The maximum Gasteiger partial charge on any atom is 0.128 e. The van der Waals surface area contributed by atoms with Crippen molar-refractivity contribution in [1.82, 2.24) is 4.98 Å². The standard InChI is InChI=1S/C14H23N3/c1-10-7-11(2)9-12(8-10)16-14-6-4-5-13(15-3)17-14/h4-6,10-12H,7-9H2,1-3H3,(H2,15,16,17). The van der Waals surface area contributed by atoms with Gasteiger partial charge in [-0.3, -0.25) is 0 Å². The van der Waals surface area contributed by atoms with Gasteiger partial charge in [-0.15, -0.1) is 0 Å². The molecule has 1 heterocycles. The van der Waals surface area contributed by atoms with Gasteiger partial charge >= 0.3 is 0 Å². The molecule has 0 amide bonds. The highest BCUT2D eigenvalue weighted by atomic mass is 15.1. The topological polar surface area (TPSA) is 37.0 Å². The first kappa shape index (κ1) is 12.2. The monoisotopic (exact) mass is 233 g/mol. The fraction of sp³-hybridized carbons (Fsp3) is 0.643. The van der Waals surface area contributed by atoms with E-state index in [2.05, 4.69) is 29.5 Å². The number of hydrogen-bond acceptors (Lipinski definition) is 3. The van der Waals surface area contributed by atoms with Gasteiger partial charge < -0.3 is 10.6 Å². The van der Waals surface area contributed by atoms with E-state index >= 15 is 0 Å². The SMILES string of the molecule is CNc1cccc(NC2CC(C)CC(C)C2)n1. The van der Waals surface area contributed by atoms with Crippen molar-refractivity contribution in [3.8, 4) is 0 Å². The molecule has 2 unspecified atom stereocenters. The summed E-state index contributed by atoms with van der Waals surface area (Å²) in [5.74, 6) is 3.56. The van der Waals surface area contributed by atoms with Crippen LogP contribution in [0.4, 0.5) is 11.6 Å². The highest BCUT2D eigenvalue weighted by Crippen LogP contribution is 2.30. The Morgan fingerprint density at radius 2 is 1.71 bits per heavy atom. The number of hydrogen-bond donors (Lipinski definition) is 2. The molecule has 2 atom stereocenters. The maximum atomic E-state index is 4.51. The summed E-state index contributed by atoms with van der Waals surface area (Å²) in [4.78, 5) is 4.51. The van der Waals surface area contributed by atoms with Gasteiger partial charge in [-0.1, -0.05) is 19.9 Å². The minimum absolute atomic E-state index is 0.577. The summed E-state index contributed by atoms with van der Waals surface area (Å²) in [5.41, 5.74) is 0. The van der Waals surface area contributed by atoms with Gasteiger partial charge in [-0.25, -0.2) is 4.98 Å². The minimum Gasteiger partial charge on any atom is -0.373 e. The molecule has 0 aromatic carbocycles. The first-order valence-corrected chi connectivity index (χ1v) is 6.58. The van der Waals surface area contributed by atoms with Gasteiger partial charge in [-0.05, 0) is 43.2 Å². The summed E-state index contributed by atoms with van der Waals surface area (Å²) < 4.78 is 0. The lowest BCUT2D eigenvalue weighted by Crippen LogP contribution is -2.30. The van der Waals surface area contributed by atoms with Gasteiger partial charge in [0.05, 0.1) is 0 Å². The van der Waals surface area contributed by atoms with Crippen LogP contribution in [-0.4, -0.2) is 18.1 Å². The van der Waals surface area contributed by atoms with Crippen LogP contribution in [0.2, 0.25) is 0 Å². The van der Waals surface area contributed by atoms with E-state index in [4.69, 9.17) is 0 Å². The van der Waals surface area contributed by atoms with Crippen LogP contribution in [0.3, 0.4) is 0 Å². The van der Waals surface area contributed by atoms with Crippen LogP contribution in [0, 0.1) is 11.8 Å². The van der Waals surface area contributed by atoms with E-state index in [1.807, 2.05) is 25.2 Å². The zero-order valence-electron chi connectivity index (χ0n) is 11.0. The van der Waals surface area contributed by atoms with Crippen LogP contribution < -0.4 is 10.6 Å². The van der Waals surface area contributed by atoms with Crippen LogP contribution in [-0.2, 0) is 0 Å². The van der Waals surface area contributed by atoms with Gasteiger partial charge in [0, 0.05) is 13.1 Å². The number of nitrogens with zero attached hydrogens (tertiary/aromatic N) is 1. The molecule has 2 rings (SSSR count). The average Bonchev–Trinajstić information content (AvgIpc) is 2.28. The molecule has 1 fully saturated rings. The van der Waals surface area contributed by atoms with E-state index in [0.29, 0.717) is 6.04 Å². The molecule has 17 heavy (non-hydrogen) atoms. The Hall–Kier alpha value is -1.25. The van der Waals surface area contributed by atoms with Crippen molar-refractivity contribution >= 4 is 11.6 Å². The van der Waals surface area contributed by atoms with Crippen LogP contribution in [0.25, 0.3) is 0 Å².